The van der Waals surface area contributed by atoms with Crippen LogP contribution in [0.25, 0.3) is 0 Å². The standard InChI is InChI=1S/C21H38O6S/c1-4-5-6-9-12-17(22)16(2)21-18(23)15-28(25,26)19(21)13-10-7-8-11-14-20(24)27-3/h18-19,21-23H,4-15H2,1-3H3/b17-16+/t18-,19-,21+/m1/s1. The summed E-state index contributed by atoms with van der Waals surface area (Å²) in [5.74, 6) is -0.742. The molecule has 0 aromatic carbocycles. The number of rotatable bonds is 13. The molecule has 1 fully saturated rings. The van der Waals surface area contributed by atoms with Crippen LogP contribution in [0.1, 0.15) is 84.5 Å². The Morgan fingerprint density at radius 2 is 1.64 bits per heavy atom. The van der Waals surface area contributed by atoms with E-state index in [0.29, 0.717) is 24.8 Å². The zero-order valence-electron chi connectivity index (χ0n) is 17.7. The van der Waals surface area contributed by atoms with Crippen LogP contribution in [0.5, 0.6) is 0 Å². The minimum atomic E-state index is -3.37. The van der Waals surface area contributed by atoms with Crippen molar-refractivity contribution in [3.05, 3.63) is 11.3 Å². The van der Waals surface area contributed by atoms with Gasteiger partial charge in [-0.3, -0.25) is 4.79 Å². The summed E-state index contributed by atoms with van der Waals surface area (Å²) in [6.45, 7) is 3.88. The molecule has 0 saturated carbocycles. The van der Waals surface area contributed by atoms with Crippen LogP contribution < -0.4 is 0 Å². The first-order chi connectivity index (χ1) is 13.2. The average molecular weight is 419 g/mol. The van der Waals surface area contributed by atoms with E-state index in [1.807, 2.05) is 0 Å². The highest BCUT2D eigenvalue weighted by atomic mass is 32.2. The van der Waals surface area contributed by atoms with E-state index >= 15 is 0 Å². The molecule has 2 N–H and O–H groups in total. The van der Waals surface area contributed by atoms with E-state index in [-0.39, 0.29) is 17.5 Å². The van der Waals surface area contributed by atoms with Gasteiger partial charge in [0, 0.05) is 18.8 Å². The van der Waals surface area contributed by atoms with Crippen LogP contribution in [0, 0.1) is 5.92 Å². The molecule has 0 aromatic heterocycles. The van der Waals surface area contributed by atoms with Crippen molar-refractivity contribution in [3.8, 4) is 0 Å². The number of allylic oxidation sites excluding steroid dienone is 1. The molecule has 6 nitrogen and oxygen atoms in total. The number of carbonyl (C=O) groups excluding carboxylic acids is 1. The summed E-state index contributed by atoms with van der Waals surface area (Å²) in [5, 5.41) is 20.2. The number of esters is 1. The van der Waals surface area contributed by atoms with Gasteiger partial charge >= 0.3 is 5.97 Å². The Bertz CT molecular complexity index is 610. The second-order valence-electron chi connectivity index (χ2n) is 7.93. The topological polar surface area (TPSA) is 101 Å². The van der Waals surface area contributed by atoms with Crippen molar-refractivity contribution < 1.29 is 28.2 Å². The smallest absolute Gasteiger partial charge is 0.305 e. The molecule has 3 atom stereocenters. The zero-order chi connectivity index (χ0) is 21.2. The lowest BCUT2D eigenvalue weighted by molar-refractivity contribution is -0.140. The highest BCUT2D eigenvalue weighted by molar-refractivity contribution is 7.92. The van der Waals surface area contributed by atoms with Gasteiger partial charge in [-0.25, -0.2) is 8.42 Å². The fraction of sp³-hybridized carbons (Fsp3) is 0.857. The van der Waals surface area contributed by atoms with Crippen LogP contribution in [-0.4, -0.2) is 48.8 Å². The summed E-state index contributed by atoms with van der Waals surface area (Å²) < 4.78 is 29.7. The van der Waals surface area contributed by atoms with Crippen molar-refractivity contribution in [1.82, 2.24) is 0 Å². The Kier molecular flexibility index (Phi) is 11.1. The Morgan fingerprint density at radius 1 is 1.04 bits per heavy atom. The molecule has 0 radical (unpaired) electrons. The maximum absolute atomic E-state index is 12.5. The van der Waals surface area contributed by atoms with Crippen molar-refractivity contribution in [3.63, 3.8) is 0 Å². The van der Waals surface area contributed by atoms with Crippen molar-refractivity contribution in [2.75, 3.05) is 12.9 Å². The predicted octanol–water partition coefficient (Wildman–Crippen LogP) is 4.08. The van der Waals surface area contributed by atoms with E-state index in [1.165, 1.54) is 7.11 Å². The quantitative estimate of drug-likeness (QED) is 0.265. The molecular formula is C21H38O6S. The van der Waals surface area contributed by atoms with Crippen molar-refractivity contribution in [2.24, 2.45) is 5.92 Å². The Hall–Kier alpha value is -1.08. The fourth-order valence-corrected chi connectivity index (χ4v) is 6.33. The monoisotopic (exact) mass is 418 g/mol. The second kappa shape index (κ2) is 12.5. The number of hydrogen-bond donors (Lipinski definition) is 2. The molecule has 1 heterocycles. The lowest BCUT2D eigenvalue weighted by Gasteiger charge is -2.23. The largest absolute Gasteiger partial charge is 0.512 e. The molecule has 1 saturated heterocycles. The van der Waals surface area contributed by atoms with Gasteiger partial charge in [-0.05, 0) is 31.8 Å². The van der Waals surface area contributed by atoms with Crippen molar-refractivity contribution >= 4 is 15.8 Å². The molecule has 0 amide bonds. The van der Waals surface area contributed by atoms with Gasteiger partial charge in [-0.1, -0.05) is 45.4 Å². The molecule has 0 unspecified atom stereocenters. The maximum atomic E-state index is 12.5. The summed E-state index contributed by atoms with van der Waals surface area (Å²) in [6, 6.07) is 0. The van der Waals surface area contributed by atoms with Gasteiger partial charge in [0.25, 0.3) is 0 Å². The number of unbranched alkanes of at least 4 members (excludes halogenated alkanes) is 6. The summed E-state index contributed by atoms with van der Waals surface area (Å²) in [5.41, 5.74) is 0.626. The van der Waals surface area contributed by atoms with Crippen LogP contribution in [0.15, 0.2) is 11.3 Å². The van der Waals surface area contributed by atoms with E-state index < -0.39 is 27.1 Å². The van der Waals surface area contributed by atoms with Gasteiger partial charge in [0.1, 0.15) is 0 Å². The first kappa shape index (κ1) is 25.0. The van der Waals surface area contributed by atoms with Crippen LogP contribution in [0.3, 0.4) is 0 Å². The Labute approximate surface area is 170 Å². The number of hydrogen-bond acceptors (Lipinski definition) is 6. The Morgan fingerprint density at radius 3 is 2.29 bits per heavy atom. The first-order valence-electron chi connectivity index (χ1n) is 10.6. The highest BCUT2D eigenvalue weighted by Gasteiger charge is 2.47. The van der Waals surface area contributed by atoms with Crippen LogP contribution in [0.2, 0.25) is 0 Å². The average Bonchev–Trinajstić information content (AvgIpc) is 2.88. The lowest BCUT2D eigenvalue weighted by atomic mass is 9.87. The predicted molar refractivity (Wildman–Crippen MR) is 111 cm³/mol. The number of ether oxygens (including phenoxy) is 1. The Balaban J connectivity index is 2.63. The van der Waals surface area contributed by atoms with Gasteiger partial charge in [0.2, 0.25) is 0 Å². The maximum Gasteiger partial charge on any atom is 0.305 e. The number of aliphatic hydroxyl groups excluding tert-OH is 2. The van der Waals surface area contributed by atoms with Crippen molar-refractivity contribution in [2.45, 2.75) is 95.8 Å². The van der Waals surface area contributed by atoms with Gasteiger partial charge in [-0.2, -0.15) is 0 Å². The zero-order valence-corrected chi connectivity index (χ0v) is 18.5. The number of carbonyl (C=O) groups is 1. The second-order valence-corrected chi connectivity index (χ2v) is 10.2. The molecule has 28 heavy (non-hydrogen) atoms. The molecule has 1 aliphatic heterocycles. The summed E-state index contributed by atoms with van der Waals surface area (Å²) in [4.78, 5) is 11.1. The van der Waals surface area contributed by atoms with Gasteiger partial charge < -0.3 is 14.9 Å². The molecule has 164 valence electrons. The third-order valence-corrected chi connectivity index (χ3v) is 8.01. The normalized spacial score (nSPS) is 24.8. The fourth-order valence-electron chi connectivity index (χ4n) is 4.04. The molecule has 0 spiro atoms. The molecule has 7 heteroatoms. The summed E-state index contributed by atoms with van der Waals surface area (Å²) in [7, 11) is -2.00. The summed E-state index contributed by atoms with van der Waals surface area (Å²) in [6.07, 6.45) is 7.70. The molecule has 1 rings (SSSR count). The molecule has 1 aliphatic rings. The first-order valence-corrected chi connectivity index (χ1v) is 12.3. The van der Waals surface area contributed by atoms with Crippen LogP contribution in [0.4, 0.5) is 0 Å². The molecule has 0 aliphatic carbocycles. The van der Waals surface area contributed by atoms with Gasteiger partial charge in [0.15, 0.2) is 9.84 Å². The van der Waals surface area contributed by atoms with Crippen molar-refractivity contribution in [1.29, 1.82) is 0 Å². The third kappa shape index (κ3) is 7.74. The van der Waals surface area contributed by atoms with E-state index in [1.54, 1.807) is 6.92 Å². The lowest BCUT2D eigenvalue weighted by Crippen LogP contribution is -2.27. The van der Waals surface area contributed by atoms with E-state index in [0.717, 1.165) is 51.4 Å². The van der Waals surface area contributed by atoms with Crippen LogP contribution >= 0.6 is 0 Å². The highest BCUT2D eigenvalue weighted by Crippen LogP contribution is 2.37. The molecule has 0 aromatic rings. The summed E-state index contributed by atoms with van der Waals surface area (Å²) >= 11 is 0. The van der Waals surface area contributed by atoms with Gasteiger partial charge in [0.05, 0.1) is 30.0 Å². The minimum absolute atomic E-state index is 0.225. The SMILES string of the molecule is CCCCCC/C(O)=C(/C)[C@H]1[C@H](O)CS(=O)(=O)[C@@H]1CCCCCCC(=O)OC. The van der Waals surface area contributed by atoms with E-state index in [9.17, 15) is 23.4 Å². The third-order valence-electron chi connectivity index (χ3n) is 5.75. The van der Waals surface area contributed by atoms with E-state index in [4.69, 9.17) is 0 Å². The molecular weight excluding hydrogens is 380 g/mol. The van der Waals surface area contributed by atoms with Gasteiger partial charge in [-0.15, -0.1) is 0 Å². The molecule has 0 bridgehead atoms. The van der Waals surface area contributed by atoms with E-state index in [2.05, 4.69) is 11.7 Å². The number of aliphatic hydroxyl groups is 2. The van der Waals surface area contributed by atoms with Crippen LogP contribution in [-0.2, 0) is 19.4 Å². The number of sulfone groups is 1. The minimum Gasteiger partial charge on any atom is -0.512 e. The number of methoxy groups -OCH3 is 1.